The molecule has 0 amide bonds. The van der Waals surface area contributed by atoms with Crippen LogP contribution in [0.4, 0.5) is 0 Å². The summed E-state index contributed by atoms with van der Waals surface area (Å²) in [6.45, 7) is 2.30. The standard InChI is InChI=1S/C22H27Si.3ClH.Ti/c1-2-3-8-15-22(16-9-5-10-17-22)23-21-14-13-20(18-21)19-11-6-4-7-12-19;;;;/h4-7,9-14,16,18H,2-3,8,15,17,23H2,1H3;3*1H;/q-1;;;;+4/p-3. The van der Waals surface area contributed by atoms with E-state index in [1.54, 1.807) is 5.19 Å². The zero-order valence-corrected chi connectivity index (χ0v) is 21.0. The summed E-state index contributed by atoms with van der Waals surface area (Å²) in [5.74, 6) is 0. The molecule has 0 saturated carbocycles. The second-order valence-corrected chi connectivity index (χ2v) is 9.44. The fourth-order valence-electron chi connectivity index (χ4n) is 3.66. The summed E-state index contributed by atoms with van der Waals surface area (Å²) in [6.07, 6.45) is 16.0. The first-order valence-corrected chi connectivity index (χ1v) is 10.4. The molecule has 0 bridgehead atoms. The van der Waals surface area contributed by atoms with Gasteiger partial charge in [-0.3, -0.25) is 0 Å². The molecule has 1 unspecified atom stereocenters. The van der Waals surface area contributed by atoms with E-state index in [0.29, 0.717) is 5.04 Å². The van der Waals surface area contributed by atoms with Crippen molar-refractivity contribution in [2.24, 2.45) is 0 Å². The summed E-state index contributed by atoms with van der Waals surface area (Å²) in [7, 11) is -0.314. The Bertz CT molecular complexity index is 682. The van der Waals surface area contributed by atoms with Gasteiger partial charge in [-0.15, -0.1) is 0 Å². The van der Waals surface area contributed by atoms with Gasteiger partial charge >= 0.3 is 21.7 Å². The SMILES string of the molecule is CCCCCC1([SiH2][c-]2ccc(-c3ccccc3)c2)C=CC=CC1.[Cl-].[Cl-].[Cl-].[Ti+4]. The van der Waals surface area contributed by atoms with E-state index < -0.39 is 0 Å². The summed E-state index contributed by atoms with van der Waals surface area (Å²) in [5.41, 5.74) is 2.72. The molecule has 0 nitrogen and oxygen atoms in total. The summed E-state index contributed by atoms with van der Waals surface area (Å²) >= 11 is 0. The minimum absolute atomic E-state index is 0. The average Bonchev–Trinajstić information content (AvgIpc) is 3.05. The zero-order valence-electron chi connectivity index (χ0n) is 15.8. The molecule has 0 saturated heterocycles. The Morgan fingerprint density at radius 3 is 2.33 bits per heavy atom. The number of unbranched alkanes of at least 4 members (excludes halogenated alkanes) is 2. The summed E-state index contributed by atoms with van der Waals surface area (Å²) in [4.78, 5) is 0. The monoisotopic (exact) mass is 472 g/mol. The van der Waals surface area contributed by atoms with Gasteiger partial charge in [0.05, 0.1) is 0 Å². The van der Waals surface area contributed by atoms with Crippen molar-refractivity contribution in [3.05, 3.63) is 72.8 Å². The van der Waals surface area contributed by atoms with Crippen LogP contribution in [0.3, 0.4) is 0 Å². The summed E-state index contributed by atoms with van der Waals surface area (Å²) in [5, 5.41) is 2.08. The average molecular weight is 474 g/mol. The Hall–Kier alpha value is -0.149. The molecule has 5 heteroatoms. The first kappa shape index (κ1) is 29.1. The van der Waals surface area contributed by atoms with Crippen molar-refractivity contribution in [1.29, 1.82) is 0 Å². The third-order valence-corrected chi connectivity index (χ3v) is 7.41. The van der Waals surface area contributed by atoms with E-state index in [1.165, 1.54) is 43.2 Å². The summed E-state index contributed by atoms with van der Waals surface area (Å²) < 4.78 is 0. The number of benzene rings is 1. The van der Waals surface area contributed by atoms with E-state index in [4.69, 9.17) is 0 Å². The van der Waals surface area contributed by atoms with Crippen LogP contribution in [0, 0.1) is 0 Å². The van der Waals surface area contributed by atoms with Gasteiger partial charge in [0.2, 0.25) is 0 Å². The Morgan fingerprint density at radius 2 is 1.70 bits per heavy atom. The maximum Gasteiger partial charge on any atom is 4.00 e. The van der Waals surface area contributed by atoms with Crippen LogP contribution in [0.15, 0.2) is 72.8 Å². The van der Waals surface area contributed by atoms with Gasteiger partial charge in [-0.1, -0.05) is 86.4 Å². The molecule has 144 valence electrons. The van der Waals surface area contributed by atoms with E-state index in [9.17, 15) is 0 Å². The maximum atomic E-state index is 2.52. The zero-order chi connectivity index (χ0) is 16.0. The molecule has 27 heavy (non-hydrogen) atoms. The third-order valence-electron chi connectivity index (χ3n) is 4.98. The Labute approximate surface area is 200 Å². The Morgan fingerprint density at radius 1 is 0.963 bits per heavy atom. The molecule has 2 aromatic rings. The van der Waals surface area contributed by atoms with Gasteiger partial charge in [0, 0.05) is 9.52 Å². The molecule has 3 rings (SSSR count). The van der Waals surface area contributed by atoms with Gasteiger partial charge in [-0.2, -0.15) is 22.9 Å². The van der Waals surface area contributed by atoms with Crippen LogP contribution in [0.5, 0.6) is 0 Å². The van der Waals surface area contributed by atoms with Gasteiger partial charge < -0.3 is 37.2 Å². The van der Waals surface area contributed by atoms with Crippen molar-refractivity contribution >= 4 is 14.7 Å². The largest absolute Gasteiger partial charge is 4.00 e. The number of allylic oxidation sites excluding steroid dienone is 4. The van der Waals surface area contributed by atoms with E-state index in [1.807, 2.05) is 0 Å². The molecule has 0 aliphatic heterocycles. The molecule has 1 aliphatic carbocycles. The van der Waals surface area contributed by atoms with Crippen LogP contribution in [-0.2, 0) is 21.7 Å². The number of hydrogen-bond acceptors (Lipinski definition) is 0. The van der Waals surface area contributed by atoms with Crippen LogP contribution >= 0.6 is 0 Å². The van der Waals surface area contributed by atoms with Crippen LogP contribution in [0.1, 0.15) is 39.0 Å². The second kappa shape index (κ2) is 14.8. The van der Waals surface area contributed by atoms with E-state index in [-0.39, 0.29) is 68.5 Å². The minimum atomic E-state index is -0.314. The molecule has 0 N–H and O–H groups in total. The smallest absolute Gasteiger partial charge is 1.00 e. The van der Waals surface area contributed by atoms with Crippen LogP contribution < -0.4 is 42.4 Å². The van der Waals surface area contributed by atoms with E-state index in [0.717, 1.165) is 0 Å². The van der Waals surface area contributed by atoms with Crippen LogP contribution in [-0.4, -0.2) is 9.52 Å². The van der Waals surface area contributed by atoms with Gasteiger partial charge in [-0.25, -0.2) is 6.07 Å². The van der Waals surface area contributed by atoms with Crippen molar-refractivity contribution in [3.8, 4) is 11.1 Å². The Balaban J connectivity index is 0. The second-order valence-electron chi connectivity index (χ2n) is 6.86. The van der Waals surface area contributed by atoms with Crippen molar-refractivity contribution < 1.29 is 58.9 Å². The van der Waals surface area contributed by atoms with E-state index in [2.05, 4.69) is 79.8 Å². The molecular weight excluding hydrogens is 447 g/mol. The minimum Gasteiger partial charge on any atom is -1.00 e. The molecule has 0 spiro atoms. The maximum absolute atomic E-state index is 2.52. The van der Waals surface area contributed by atoms with E-state index >= 15 is 0 Å². The third kappa shape index (κ3) is 8.40. The molecule has 1 atom stereocenters. The Kier molecular flexibility index (Phi) is 15.9. The van der Waals surface area contributed by atoms with Gasteiger partial charge in [0.1, 0.15) is 0 Å². The van der Waals surface area contributed by atoms with Crippen molar-refractivity contribution in [3.63, 3.8) is 0 Å². The normalized spacial score (nSPS) is 17.5. The molecule has 1 aliphatic rings. The van der Waals surface area contributed by atoms with Crippen LogP contribution in [0.25, 0.3) is 11.1 Å². The number of hydrogen-bond donors (Lipinski definition) is 0. The number of halogens is 3. The predicted octanol–water partition coefficient (Wildman–Crippen LogP) is -3.87. The molecule has 0 fully saturated rings. The predicted molar refractivity (Wildman–Crippen MR) is 105 cm³/mol. The van der Waals surface area contributed by atoms with Gasteiger partial charge in [-0.05, 0) is 17.9 Å². The van der Waals surface area contributed by atoms with Crippen molar-refractivity contribution in [2.45, 2.75) is 44.1 Å². The first-order valence-electron chi connectivity index (χ1n) is 8.97. The van der Waals surface area contributed by atoms with Crippen molar-refractivity contribution in [1.82, 2.24) is 0 Å². The van der Waals surface area contributed by atoms with Crippen LogP contribution in [0.2, 0.25) is 5.04 Å². The van der Waals surface area contributed by atoms with Gasteiger partial charge in [0.15, 0.2) is 0 Å². The summed E-state index contributed by atoms with van der Waals surface area (Å²) in [6, 6.07) is 17.9. The first-order chi connectivity index (χ1) is 11.3. The molecule has 0 aromatic heterocycles. The topological polar surface area (TPSA) is 0 Å². The van der Waals surface area contributed by atoms with Crippen molar-refractivity contribution in [2.75, 3.05) is 0 Å². The molecule has 2 aromatic carbocycles. The van der Waals surface area contributed by atoms with Gasteiger partial charge in [0.25, 0.3) is 0 Å². The quantitative estimate of drug-likeness (QED) is 0.219. The fraction of sp³-hybridized carbons (Fsp3) is 0.318. The molecule has 0 heterocycles. The fourth-order valence-corrected chi connectivity index (χ4v) is 6.02. The number of rotatable bonds is 7. The molecule has 0 radical (unpaired) electrons. The molecular formula is C22H27Cl3SiTi.